The van der Waals surface area contributed by atoms with Crippen LogP contribution in [0.4, 0.5) is 14.5 Å². The number of anilines is 1. The molecule has 0 spiro atoms. The van der Waals surface area contributed by atoms with Gasteiger partial charge in [0.2, 0.25) is 5.88 Å². The van der Waals surface area contributed by atoms with Gasteiger partial charge in [-0.3, -0.25) is 4.79 Å². The predicted octanol–water partition coefficient (Wildman–Crippen LogP) is 2.82. The van der Waals surface area contributed by atoms with Gasteiger partial charge in [-0.25, -0.2) is 13.5 Å². The van der Waals surface area contributed by atoms with Crippen molar-refractivity contribution in [1.29, 1.82) is 0 Å². The van der Waals surface area contributed by atoms with Crippen LogP contribution in [0.5, 0.6) is 11.6 Å². The topological polar surface area (TPSA) is 91.4 Å². The first-order chi connectivity index (χ1) is 12.9. The lowest BCUT2D eigenvalue weighted by Crippen LogP contribution is -2.33. The highest BCUT2D eigenvalue weighted by Gasteiger charge is 2.24. The zero-order chi connectivity index (χ0) is 19.6. The van der Waals surface area contributed by atoms with E-state index in [0.717, 1.165) is 5.56 Å². The SMILES string of the molecule is CCn1nc(C(=O)Nc2ccc3c(c2)OCC(N)C3)c(Br)c1OCC(F)F. The number of nitrogens with zero attached hydrogens (tertiary/aromatic N) is 2. The number of aryl methyl sites for hydroxylation is 1. The third-order valence-electron chi connectivity index (χ3n) is 3.97. The molecule has 1 unspecified atom stereocenters. The molecule has 3 N–H and O–H groups in total. The molecule has 0 radical (unpaired) electrons. The highest BCUT2D eigenvalue weighted by Crippen LogP contribution is 2.31. The van der Waals surface area contributed by atoms with E-state index in [1.807, 2.05) is 6.07 Å². The van der Waals surface area contributed by atoms with Crippen molar-refractivity contribution in [2.75, 3.05) is 18.5 Å². The van der Waals surface area contributed by atoms with Crippen molar-refractivity contribution in [2.45, 2.75) is 32.4 Å². The summed E-state index contributed by atoms with van der Waals surface area (Å²) in [4.78, 5) is 12.6. The molecule has 0 aliphatic carbocycles. The summed E-state index contributed by atoms with van der Waals surface area (Å²) in [7, 11) is 0. The van der Waals surface area contributed by atoms with Crippen molar-refractivity contribution in [2.24, 2.45) is 5.73 Å². The fraction of sp³-hybridized carbons (Fsp3) is 0.412. The van der Waals surface area contributed by atoms with Crippen LogP contribution in [-0.4, -0.2) is 41.4 Å². The van der Waals surface area contributed by atoms with Crippen LogP contribution in [0.1, 0.15) is 23.0 Å². The lowest BCUT2D eigenvalue weighted by molar-refractivity contribution is 0.0765. The quantitative estimate of drug-likeness (QED) is 0.714. The average Bonchev–Trinajstić information content (AvgIpc) is 2.96. The smallest absolute Gasteiger partial charge is 0.277 e. The summed E-state index contributed by atoms with van der Waals surface area (Å²) < 4.78 is 37.1. The molecule has 1 aliphatic heterocycles. The minimum atomic E-state index is -2.63. The lowest BCUT2D eigenvalue weighted by Gasteiger charge is -2.22. The molecule has 146 valence electrons. The number of rotatable bonds is 6. The number of ether oxygens (including phenoxy) is 2. The van der Waals surface area contributed by atoms with Gasteiger partial charge in [0.25, 0.3) is 12.3 Å². The molecule has 1 aromatic heterocycles. The van der Waals surface area contributed by atoms with E-state index < -0.39 is 18.9 Å². The maximum atomic E-state index is 12.6. The fourth-order valence-corrected chi connectivity index (χ4v) is 3.31. The van der Waals surface area contributed by atoms with Crippen molar-refractivity contribution in [3.8, 4) is 11.6 Å². The van der Waals surface area contributed by atoms with Crippen LogP contribution in [-0.2, 0) is 13.0 Å². The summed E-state index contributed by atoms with van der Waals surface area (Å²) in [6, 6.07) is 5.27. The Morgan fingerprint density at radius 2 is 2.33 bits per heavy atom. The molecular formula is C17H19BrF2N4O3. The van der Waals surface area contributed by atoms with E-state index in [1.54, 1.807) is 19.1 Å². The van der Waals surface area contributed by atoms with Crippen LogP contribution < -0.4 is 20.5 Å². The van der Waals surface area contributed by atoms with Gasteiger partial charge < -0.3 is 20.5 Å². The number of carbonyl (C=O) groups is 1. The Balaban J connectivity index is 1.78. The molecule has 0 saturated heterocycles. The number of nitrogens with two attached hydrogens (primary N) is 1. The van der Waals surface area contributed by atoms with E-state index in [1.165, 1.54) is 4.68 Å². The molecular weight excluding hydrogens is 426 g/mol. The number of hydrogen-bond acceptors (Lipinski definition) is 5. The van der Waals surface area contributed by atoms with Gasteiger partial charge in [0.15, 0.2) is 12.3 Å². The number of halogens is 3. The van der Waals surface area contributed by atoms with Gasteiger partial charge in [-0.15, -0.1) is 0 Å². The number of hydrogen-bond donors (Lipinski definition) is 2. The largest absolute Gasteiger partial charge is 0.492 e. The second-order valence-corrected chi connectivity index (χ2v) is 6.83. The first-order valence-electron chi connectivity index (χ1n) is 8.39. The number of aromatic nitrogens is 2. The Morgan fingerprint density at radius 3 is 3.04 bits per heavy atom. The molecule has 1 aromatic carbocycles. The van der Waals surface area contributed by atoms with Crippen molar-refractivity contribution >= 4 is 27.5 Å². The summed E-state index contributed by atoms with van der Waals surface area (Å²) in [5.74, 6) is 0.266. The zero-order valence-electron chi connectivity index (χ0n) is 14.5. The average molecular weight is 445 g/mol. The van der Waals surface area contributed by atoms with E-state index >= 15 is 0 Å². The van der Waals surface area contributed by atoms with Crippen LogP contribution in [0, 0.1) is 0 Å². The molecule has 2 aromatic rings. The second kappa shape index (κ2) is 8.22. The van der Waals surface area contributed by atoms with Gasteiger partial charge in [-0.2, -0.15) is 5.10 Å². The third kappa shape index (κ3) is 4.38. The molecule has 0 saturated carbocycles. The summed E-state index contributed by atoms with van der Waals surface area (Å²) in [5.41, 5.74) is 7.42. The van der Waals surface area contributed by atoms with E-state index in [2.05, 4.69) is 26.3 Å². The first kappa shape index (κ1) is 19.6. The number of amides is 1. The van der Waals surface area contributed by atoms with E-state index in [0.29, 0.717) is 31.0 Å². The van der Waals surface area contributed by atoms with Gasteiger partial charge in [0, 0.05) is 24.3 Å². The number of nitrogens with one attached hydrogen (secondary N) is 1. The molecule has 7 nitrogen and oxygen atoms in total. The van der Waals surface area contributed by atoms with E-state index in [-0.39, 0.29) is 22.1 Å². The Hall–Kier alpha value is -2.20. The Kier molecular flexibility index (Phi) is 5.95. The van der Waals surface area contributed by atoms with Crippen molar-refractivity contribution < 1.29 is 23.0 Å². The van der Waals surface area contributed by atoms with Gasteiger partial charge >= 0.3 is 0 Å². The third-order valence-corrected chi connectivity index (χ3v) is 4.69. The van der Waals surface area contributed by atoms with Crippen LogP contribution in [0.25, 0.3) is 0 Å². The van der Waals surface area contributed by atoms with Crippen molar-refractivity contribution in [3.05, 3.63) is 33.9 Å². The monoisotopic (exact) mass is 444 g/mol. The van der Waals surface area contributed by atoms with Crippen molar-refractivity contribution in [3.63, 3.8) is 0 Å². The zero-order valence-corrected chi connectivity index (χ0v) is 16.1. The minimum Gasteiger partial charge on any atom is -0.492 e. The maximum Gasteiger partial charge on any atom is 0.277 e. The van der Waals surface area contributed by atoms with E-state index in [9.17, 15) is 13.6 Å². The number of benzene rings is 1. The fourth-order valence-electron chi connectivity index (χ4n) is 2.73. The number of carbonyl (C=O) groups excluding carboxylic acids is 1. The molecule has 0 fully saturated rings. The highest BCUT2D eigenvalue weighted by atomic mass is 79.9. The summed E-state index contributed by atoms with van der Waals surface area (Å²) in [5, 5.41) is 6.87. The Labute approximate surface area is 162 Å². The molecule has 2 heterocycles. The minimum absolute atomic E-state index is 0.0430. The van der Waals surface area contributed by atoms with Crippen LogP contribution in [0.3, 0.4) is 0 Å². The van der Waals surface area contributed by atoms with Gasteiger partial charge in [-0.05, 0) is 40.9 Å². The summed E-state index contributed by atoms with van der Waals surface area (Å²) in [6.45, 7) is 1.76. The standard InChI is InChI=1S/C17H19BrF2N4O3/c1-2-24-17(27-8-13(19)20)14(18)15(23-24)16(25)22-11-4-3-9-5-10(21)7-26-12(9)6-11/h3-4,6,10,13H,2,5,7-8,21H2,1H3,(H,22,25). The molecule has 1 aliphatic rings. The van der Waals surface area contributed by atoms with Crippen molar-refractivity contribution in [1.82, 2.24) is 9.78 Å². The second-order valence-electron chi connectivity index (χ2n) is 6.04. The summed E-state index contributed by atoms with van der Waals surface area (Å²) >= 11 is 3.22. The van der Waals surface area contributed by atoms with Crippen LogP contribution >= 0.6 is 15.9 Å². The van der Waals surface area contributed by atoms with Crippen LogP contribution in [0.2, 0.25) is 0 Å². The van der Waals surface area contributed by atoms with E-state index in [4.69, 9.17) is 15.2 Å². The molecule has 3 rings (SSSR count). The number of fused-ring (bicyclic) bond motifs is 1. The number of alkyl halides is 2. The van der Waals surface area contributed by atoms with Gasteiger partial charge in [0.1, 0.15) is 16.8 Å². The Bertz CT molecular complexity index is 844. The Morgan fingerprint density at radius 1 is 1.56 bits per heavy atom. The maximum absolute atomic E-state index is 12.6. The summed E-state index contributed by atoms with van der Waals surface area (Å²) in [6.07, 6.45) is -1.92. The first-order valence-corrected chi connectivity index (χ1v) is 9.18. The van der Waals surface area contributed by atoms with Gasteiger partial charge in [-0.1, -0.05) is 6.07 Å². The molecule has 1 amide bonds. The molecule has 1 atom stereocenters. The van der Waals surface area contributed by atoms with Gasteiger partial charge in [0.05, 0.1) is 0 Å². The molecule has 0 bridgehead atoms. The van der Waals surface area contributed by atoms with Crippen LogP contribution in [0.15, 0.2) is 22.7 Å². The normalized spacial score (nSPS) is 16.0. The molecule has 27 heavy (non-hydrogen) atoms. The predicted molar refractivity (Wildman–Crippen MR) is 98.7 cm³/mol. The highest BCUT2D eigenvalue weighted by molar-refractivity contribution is 9.10. The lowest BCUT2D eigenvalue weighted by atomic mass is 10.0. The molecule has 10 heteroatoms.